The predicted octanol–water partition coefficient (Wildman–Crippen LogP) is -0.131. The Morgan fingerprint density at radius 2 is 2.31 bits per heavy atom. The maximum Gasteiger partial charge on any atom is 0.330 e. The molecule has 0 saturated heterocycles. The molecule has 0 aliphatic heterocycles. The molecule has 88 valence electrons. The number of nitrogens with one attached hydrogen (secondary N) is 1. The first-order valence-electron chi connectivity index (χ1n) is 4.48. The molecule has 0 aromatic carbocycles. The lowest BCUT2D eigenvalue weighted by molar-refractivity contribution is 0.0456. The normalized spacial score (nSPS) is 11.1. The molecule has 0 bridgehead atoms. The molecule has 0 aliphatic rings. The summed E-state index contributed by atoms with van der Waals surface area (Å²) in [5.41, 5.74) is -0.669. The van der Waals surface area contributed by atoms with Crippen LogP contribution < -0.4 is 11.2 Å². The highest BCUT2D eigenvalue weighted by Gasteiger charge is 2.01. The molecule has 0 fully saturated rings. The van der Waals surface area contributed by atoms with Crippen LogP contribution in [-0.4, -0.2) is 27.9 Å². The average Bonchev–Trinajstić information content (AvgIpc) is 2.25. The Bertz CT molecular complexity index is 477. The van der Waals surface area contributed by atoms with Gasteiger partial charge in [-0.2, -0.15) is 0 Å². The third-order valence-electron chi connectivity index (χ3n) is 1.75. The number of hydrogen-bond acceptors (Lipinski definition) is 4. The summed E-state index contributed by atoms with van der Waals surface area (Å²) < 4.78 is 6.19. The third-order valence-corrected chi connectivity index (χ3v) is 2.01. The van der Waals surface area contributed by atoms with Crippen molar-refractivity contribution in [2.75, 3.05) is 13.2 Å². The van der Waals surface area contributed by atoms with Gasteiger partial charge in [0.1, 0.15) is 6.73 Å². The molecule has 2 N–H and O–H groups in total. The van der Waals surface area contributed by atoms with Gasteiger partial charge in [0.25, 0.3) is 5.56 Å². The lowest BCUT2D eigenvalue weighted by Gasteiger charge is -2.05. The fraction of sp³-hybridized carbons (Fsp3) is 0.333. The third kappa shape index (κ3) is 3.44. The molecular formula is C9H11BrN2O4. The predicted molar refractivity (Wildman–Crippen MR) is 62.3 cm³/mol. The van der Waals surface area contributed by atoms with E-state index in [4.69, 9.17) is 9.84 Å². The number of H-pyrrole nitrogens is 1. The standard InChI is InChI=1S/C9H11BrN2O4/c10-2-1-7-5-12(6-16-4-3-13)9(15)11-8(7)14/h1-2,5,13H,3-4,6H2,(H,11,14,15)/b2-1+. The molecule has 0 radical (unpaired) electrons. The van der Waals surface area contributed by atoms with Gasteiger partial charge in [-0.1, -0.05) is 15.9 Å². The van der Waals surface area contributed by atoms with Crippen molar-refractivity contribution in [3.05, 3.63) is 37.6 Å². The van der Waals surface area contributed by atoms with Crippen molar-refractivity contribution in [3.8, 4) is 0 Å². The molecule has 0 aliphatic carbocycles. The summed E-state index contributed by atoms with van der Waals surface area (Å²) in [4.78, 5) is 26.3. The van der Waals surface area contributed by atoms with E-state index in [1.165, 1.54) is 21.8 Å². The molecule has 1 aromatic heterocycles. The van der Waals surface area contributed by atoms with E-state index in [-0.39, 0.29) is 19.9 Å². The number of nitrogens with zero attached hydrogens (tertiary/aromatic N) is 1. The summed E-state index contributed by atoms with van der Waals surface area (Å²) in [5.74, 6) is 0. The van der Waals surface area contributed by atoms with Crippen LogP contribution in [-0.2, 0) is 11.5 Å². The first kappa shape index (κ1) is 12.9. The molecule has 16 heavy (non-hydrogen) atoms. The van der Waals surface area contributed by atoms with E-state index in [1.807, 2.05) is 0 Å². The van der Waals surface area contributed by atoms with E-state index in [0.29, 0.717) is 5.56 Å². The van der Waals surface area contributed by atoms with Crippen LogP contribution in [0.2, 0.25) is 0 Å². The van der Waals surface area contributed by atoms with Gasteiger partial charge in [-0.3, -0.25) is 14.3 Å². The van der Waals surface area contributed by atoms with Crippen LogP contribution in [0.15, 0.2) is 20.8 Å². The van der Waals surface area contributed by atoms with E-state index < -0.39 is 11.2 Å². The quantitative estimate of drug-likeness (QED) is 0.740. The van der Waals surface area contributed by atoms with Crippen molar-refractivity contribution in [2.24, 2.45) is 0 Å². The van der Waals surface area contributed by atoms with Crippen molar-refractivity contribution in [1.82, 2.24) is 9.55 Å². The first-order chi connectivity index (χ1) is 7.69. The molecule has 7 heteroatoms. The monoisotopic (exact) mass is 290 g/mol. The van der Waals surface area contributed by atoms with Gasteiger partial charge in [0, 0.05) is 6.20 Å². The lowest BCUT2D eigenvalue weighted by atomic mass is 10.3. The smallest absolute Gasteiger partial charge is 0.330 e. The van der Waals surface area contributed by atoms with Crippen molar-refractivity contribution in [3.63, 3.8) is 0 Å². The average molecular weight is 291 g/mol. The number of aliphatic hydroxyl groups excluding tert-OH is 1. The summed E-state index contributed by atoms with van der Waals surface area (Å²) in [6, 6.07) is 0. The number of hydrogen-bond donors (Lipinski definition) is 2. The lowest BCUT2D eigenvalue weighted by Crippen LogP contribution is -2.31. The number of aromatic amines is 1. The highest BCUT2D eigenvalue weighted by molar-refractivity contribution is 9.11. The minimum atomic E-state index is -0.547. The molecule has 1 heterocycles. The maximum absolute atomic E-state index is 11.3. The molecule has 0 unspecified atom stereocenters. The van der Waals surface area contributed by atoms with Gasteiger partial charge in [0.2, 0.25) is 0 Å². The van der Waals surface area contributed by atoms with Gasteiger partial charge in [-0.05, 0) is 11.1 Å². The Hall–Kier alpha value is -1.18. The summed E-state index contributed by atoms with van der Waals surface area (Å²) in [7, 11) is 0. The first-order valence-corrected chi connectivity index (χ1v) is 5.39. The molecule has 0 amide bonds. The van der Waals surface area contributed by atoms with Gasteiger partial charge >= 0.3 is 5.69 Å². The van der Waals surface area contributed by atoms with Crippen molar-refractivity contribution in [2.45, 2.75) is 6.73 Å². The minimum Gasteiger partial charge on any atom is -0.394 e. The number of aliphatic hydroxyl groups is 1. The van der Waals surface area contributed by atoms with Crippen LogP contribution in [0.5, 0.6) is 0 Å². The van der Waals surface area contributed by atoms with E-state index >= 15 is 0 Å². The topological polar surface area (TPSA) is 84.3 Å². The van der Waals surface area contributed by atoms with E-state index in [0.717, 1.165) is 0 Å². The zero-order chi connectivity index (χ0) is 12.0. The summed E-state index contributed by atoms with van der Waals surface area (Å²) in [6.45, 7) is 0.000740. The van der Waals surface area contributed by atoms with Crippen LogP contribution in [0.1, 0.15) is 5.56 Å². The van der Waals surface area contributed by atoms with E-state index in [9.17, 15) is 9.59 Å². The SMILES string of the molecule is O=c1[nH]c(=O)n(COCCO)cc1/C=C/Br. The zero-order valence-electron chi connectivity index (χ0n) is 8.35. The fourth-order valence-corrected chi connectivity index (χ4v) is 1.32. The van der Waals surface area contributed by atoms with Gasteiger partial charge in [0.15, 0.2) is 0 Å². The van der Waals surface area contributed by atoms with Crippen molar-refractivity contribution < 1.29 is 9.84 Å². The van der Waals surface area contributed by atoms with Crippen LogP contribution >= 0.6 is 15.9 Å². The van der Waals surface area contributed by atoms with E-state index in [1.54, 1.807) is 0 Å². The van der Waals surface area contributed by atoms with Gasteiger partial charge < -0.3 is 9.84 Å². The number of rotatable bonds is 5. The molecule has 0 atom stereocenters. The van der Waals surface area contributed by atoms with Gasteiger partial charge in [-0.25, -0.2) is 4.79 Å². The van der Waals surface area contributed by atoms with Crippen molar-refractivity contribution >= 4 is 22.0 Å². The fourth-order valence-electron chi connectivity index (χ4n) is 1.04. The minimum absolute atomic E-state index is 0.0146. The Kier molecular flexibility index (Phi) is 5.17. The molecule has 1 aromatic rings. The van der Waals surface area contributed by atoms with Crippen LogP contribution in [0, 0.1) is 0 Å². The van der Waals surface area contributed by atoms with Crippen LogP contribution in [0.3, 0.4) is 0 Å². The summed E-state index contributed by atoms with van der Waals surface area (Å²) in [5, 5.41) is 8.51. The van der Waals surface area contributed by atoms with Crippen LogP contribution in [0.25, 0.3) is 6.08 Å². The number of ether oxygens (including phenoxy) is 1. The van der Waals surface area contributed by atoms with Gasteiger partial charge in [-0.15, -0.1) is 0 Å². The molecule has 0 saturated carbocycles. The van der Waals surface area contributed by atoms with Crippen LogP contribution in [0.4, 0.5) is 0 Å². The number of halogens is 1. The second-order valence-corrected chi connectivity index (χ2v) is 3.40. The maximum atomic E-state index is 11.3. The Morgan fingerprint density at radius 1 is 1.56 bits per heavy atom. The second-order valence-electron chi connectivity index (χ2n) is 2.87. The summed E-state index contributed by atoms with van der Waals surface area (Å²) >= 11 is 3.04. The Balaban J connectivity index is 2.96. The molecule has 6 nitrogen and oxygen atoms in total. The highest BCUT2D eigenvalue weighted by atomic mass is 79.9. The molecule has 0 spiro atoms. The Morgan fingerprint density at radius 3 is 2.94 bits per heavy atom. The van der Waals surface area contributed by atoms with Crippen molar-refractivity contribution in [1.29, 1.82) is 0 Å². The molecular weight excluding hydrogens is 280 g/mol. The zero-order valence-corrected chi connectivity index (χ0v) is 9.94. The molecule has 1 rings (SSSR count). The largest absolute Gasteiger partial charge is 0.394 e. The summed E-state index contributed by atoms with van der Waals surface area (Å²) in [6.07, 6.45) is 2.90. The second kappa shape index (κ2) is 6.41. The highest BCUT2D eigenvalue weighted by Crippen LogP contribution is 1.95. The number of aromatic nitrogens is 2. The van der Waals surface area contributed by atoms with Gasteiger partial charge in [0.05, 0.1) is 18.8 Å². The Labute approximate surface area is 99.3 Å². The van der Waals surface area contributed by atoms with E-state index in [2.05, 4.69) is 20.9 Å².